The Kier molecular flexibility index (Phi) is 3.49. The standard InChI is InChI=1S/C19H20N4O/c20-19(21)22-18(24)17-14-7-6-13(10-14)16(17)12-4-3-5-15(11-12)23-8-1-2-9-23/h1-9,11,13-14,16-17H,10H2,(H4,20,21,22,24)/t13?,14?,16-,17-/m1/s1. The molecule has 5 heteroatoms. The minimum absolute atomic E-state index is 0.131. The van der Waals surface area contributed by atoms with Crippen LogP contribution in [0.1, 0.15) is 17.9 Å². The van der Waals surface area contributed by atoms with Gasteiger partial charge in [0.2, 0.25) is 0 Å². The van der Waals surface area contributed by atoms with Crippen LogP contribution in [0.25, 0.3) is 5.69 Å². The number of nitrogens with zero attached hydrogens (tertiary/aromatic N) is 2. The quantitative estimate of drug-likeness (QED) is 0.516. The van der Waals surface area contributed by atoms with Gasteiger partial charge in [0.05, 0.1) is 5.92 Å². The number of allylic oxidation sites excluding steroid dienone is 2. The van der Waals surface area contributed by atoms with Crippen molar-refractivity contribution in [1.29, 1.82) is 0 Å². The zero-order valence-electron chi connectivity index (χ0n) is 13.2. The molecule has 24 heavy (non-hydrogen) atoms. The molecule has 1 heterocycles. The maximum absolute atomic E-state index is 12.6. The average molecular weight is 320 g/mol. The van der Waals surface area contributed by atoms with Gasteiger partial charge in [-0.2, -0.15) is 4.99 Å². The summed E-state index contributed by atoms with van der Waals surface area (Å²) < 4.78 is 2.07. The van der Waals surface area contributed by atoms with Gasteiger partial charge in [-0.1, -0.05) is 24.3 Å². The second-order valence-corrected chi connectivity index (χ2v) is 6.56. The molecule has 1 fully saturated rings. The number of guanidine groups is 1. The fourth-order valence-electron chi connectivity index (χ4n) is 4.21. The highest BCUT2D eigenvalue weighted by Crippen LogP contribution is 2.53. The van der Waals surface area contributed by atoms with Gasteiger partial charge >= 0.3 is 0 Å². The van der Waals surface area contributed by atoms with Crippen LogP contribution in [0.3, 0.4) is 0 Å². The van der Waals surface area contributed by atoms with Gasteiger partial charge in [0.25, 0.3) is 5.91 Å². The van der Waals surface area contributed by atoms with E-state index in [0.29, 0.717) is 5.92 Å². The highest BCUT2D eigenvalue weighted by atomic mass is 16.1. The molecule has 0 radical (unpaired) electrons. The van der Waals surface area contributed by atoms with Crippen molar-refractivity contribution in [2.75, 3.05) is 0 Å². The molecule has 2 aromatic rings. The third-order valence-electron chi connectivity index (χ3n) is 5.14. The number of amides is 1. The van der Waals surface area contributed by atoms with Crippen LogP contribution >= 0.6 is 0 Å². The van der Waals surface area contributed by atoms with E-state index in [-0.39, 0.29) is 29.6 Å². The maximum atomic E-state index is 12.6. The molecule has 2 aliphatic carbocycles. The van der Waals surface area contributed by atoms with Gasteiger partial charge < -0.3 is 16.0 Å². The Morgan fingerprint density at radius 1 is 1.08 bits per heavy atom. The summed E-state index contributed by atoms with van der Waals surface area (Å²) in [5.74, 6) is 0.187. The molecule has 1 aromatic carbocycles. The van der Waals surface area contributed by atoms with E-state index in [4.69, 9.17) is 11.5 Å². The molecule has 2 unspecified atom stereocenters. The second kappa shape index (κ2) is 5.67. The van der Waals surface area contributed by atoms with Crippen LogP contribution in [-0.2, 0) is 4.79 Å². The Bertz CT molecular complexity index is 818. The Hall–Kier alpha value is -2.82. The monoisotopic (exact) mass is 320 g/mol. The summed E-state index contributed by atoms with van der Waals surface area (Å²) >= 11 is 0. The van der Waals surface area contributed by atoms with Crippen molar-refractivity contribution >= 4 is 11.9 Å². The van der Waals surface area contributed by atoms with E-state index >= 15 is 0 Å². The normalized spacial score (nSPS) is 27.3. The van der Waals surface area contributed by atoms with E-state index < -0.39 is 0 Å². The smallest absolute Gasteiger partial charge is 0.253 e. The summed E-state index contributed by atoms with van der Waals surface area (Å²) in [6.07, 6.45) is 9.40. The van der Waals surface area contributed by atoms with Crippen molar-refractivity contribution in [2.45, 2.75) is 12.3 Å². The zero-order valence-corrected chi connectivity index (χ0v) is 13.2. The van der Waals surface area contributed by atoms with Crippen LogP contribution in [0.4, 0.5) is 0 Å². The SMILES string of the molecule is NC(N)=NC(=O)[C@@H]1C2C=CC(C2)[C@H]1c1cccc(-n2cccc2)c1. The first-order valence-corrected chi connectivity index (χ1v) is 8.18. The molecule has 0 saturated heterocycles. The number of hydrogen-bond acceptors (Lipinski definition) is 1. The molecule has 5 nitrogen and oxygen atoms in total. The molecule has 0 spiro atoms. The van der Waals surface area contributed by atoms with E-state index in [1.807, 2.05) is 30.6 Å². The number of carbonyl (C=O) groups is 1. The summed E-state index contributed by atoms with van der Waals surface area (Å²) in [5, 5.41) is 0. The van der Waals surface area contributed by atoms with Crippen molar-refractivity contribution in [1.82, 2.24) is 4.57 Å². The van der Waals surface area contributed by atoms with Crippen LogP contribution in [0.5, 0.6) is 0 Å². The van der Waals surface area contributed by atoms with Crippen LogP contribution < -0.4 is 11.5 Å². The molecule has 1 aromatic heterocycles. The maximum Gasteiger partial charge on any atom is 0.253 e. The number of aromatic nitrogens is 1. The number of carbonyl (C=O) groups excluding carboxylic acids is 1. The van der Waals surface area contributed by atoms with Crippen molar-refractivity contribution in [2.24, 2.45) is 34.2 Å². The summed E-state index contributed by atoms with van der Waals surface area (Å²) in [5.41, 5.74) is 13.1. The molecule has 4 atom stereocenters. The van der Waals surface area contributed by atoms with E-state index in [2.05, 4.69) is 39.9 Å². The van der Waals surface area contributed by atoms with Gasteiger partial charge in [-0.05, 0) is 48.1 Å². The Labute approximate surface area is 140 Å². The van der Waals surface area contributed by atoms with E-state index in [9.17, 15) is 4.79 Å². The van der Waals surface area contributed by atoms with Crippen LogP contribution in [0.2, 0.25) is 0 Å². The van der Waals surface area contributed by atoms with Gasteiger partial charge in [-0.25, -0.2) is 0 Å². The van der Waals surface area contributed by atoms with Crippen molar-refractivity contribution in [3.05, 3.63) is 66.5 Å². The molecular weight excluding hydrogens is 300 g/mol. The van der Waals surface area contributed by atoms with Crippen LogP contribution in [-0.4, -0.2) is 16.4 Å². The predicted octanol–water partition coefficient (Wildman–Crippen LogP) is 2.18. The highest BCUT2D eigenvalue weighted by molar-refractivity contribution is 5.93. The molecule has 2 bridgehead atoms. The second-order valence-electron chi connectivity index (χ2n) is 6.56. The third kappa shape index (κ3) is 2.42. The first-order chi connectivity index (χ1) is 11.6. The summed E-state index contributed by atoms with van der Waals surface area (Å²) in [4.78, 5) is 16.4. The van der Waals surface area contributed by atoms with E-state index in [0.717, 1.165) is 12.1 Å². The lowest BCUT2D eigenvalue weighted by Gasteiger charge is -2.26. The van der Waals surface area contributed by atoms with Gasteiger partial charge in [0, 0.05) is 24.0 Å². The predicted molar refractivity (Wildman–Crippen MR) is 93.6 cm³/mol. The molecule has 1 amide bonds. The Morgan fingerprint density at radius 2 is 1.83 bits per heavy atom. The number of hydrogen-bond donors (Lipinski definition) is 2. The van der Waals surface area contributed by atoms with Gasteiger partial charge in [0.1, 0.15) is 0 Å². The summed E-state index contributed by atoms with van der Waals surface area (Å²) in [6, 6.07) is 12.4. The average Bonchev–Trinajstić information content (AvgIpc) is 3.30. The Balaban J connectivity index is 1.72. The number of rotatable bonds is 3. The fraction of sp³-hybridized carbons (Fsp3) is 0.263. The zero-order chi connectivity index (χ0) is 16.7. The van der Waals surface area contributed by atoms with Crippen molar-refractivity contribution in [3.63, 3.8) is 0 Å². The minimum atomic E-state index is -0.205. The number of benzene rings is 1. The molecule has 0 aliphatic heterocycles. The number of fused-ring (bicyclic) bond motifs is 2. The molecular formula is C19H20N4O. The first kappa shape index (κ1) is 14.8. The number of aliphatic imine (C=N–C) groups is 1. The topological polar surface area (TPSA) is 86.4 Å². The lowest BCUT2D eigenvalue weighted by molar-refractivity contribution is -0.122. The molecule has 4 N–H and O–H groups in total. The summed E-state index contributed by atoms with van der Waals surface area (Å²) in [6.45, 7) is 0. The van der Waals surface area contributed by atoms with Gasteiger partial charge in [0.15, 0.2) is 5.96 Å². The summed E-state index contributed by atoms with van der Waals surface area (Å²) in [7, 11) is 0. The van der Waals surface area contributed by atoms with Gasteiger partial charge in [-0.15, -0.1) is 0 Å². The lowest BCUT2D eigenvalue weighted by Crippen LogP contribution is -2.30. The molecule has 4 rings (SSSR count). The fourth-order valence-corrected chi connectivity index (χ4v) is 4.21. The third-order valence-corrected chi connectivity index (χ3v) is 5.14. The van der Waals surface area contributed by atoms with Crippen LogP contribution in [0, 0.1) is 17.8 Å². The largest absolute Gasteiger partial charge is 0.370 e. The van der Waals surface area contributed by atoms with Crippen LogP contribution in [0.15, 0.2) is 65.9 Å². The minimum Gasteiger partial charge on any atom is -0.370 e. The van der Waals surface area contributed by atoms with Gasteiger partial charge in [-0.3, -0.25) is 4.79 Å². The molecule has 2 aliphatic rings. The first-order valence-electron chi connectivity index (χ1n) is 8.18. The Morgan fingerprint density at radius 3 is 2.58 bits per heavy atom. The van der Waals surface area contributed by atoms with E-state index in [1.54, 1.807) is 0 Å². The number of nitrogens with two attached hydrogens (primary N) is 2. The molecule has 1 saturated carbocycles. The lowest BCUT2D eigenvalue weighted by atomic mass is 9.78. The highest BCUT2D eigenvalue weighted by Gasteiger charge is 2.48. The van der Waals surface area contributed by atoms with Crippen molar-refractivity contribution in [3.8, 4) is 5.69 Å². The molecule has 122 valence electrons. The van der Waals surface area contributed by atoms with Crippen molar-refractivity contribution < 1.29 is 4.79 Å². The van der Waals surface area contributed by atoms with E-state index in [1.165, 1.54) is 5.56 Å².